The van der Waals surface area contributed by atoms with E-state index in [2.05, 4.69) is 87.4 Å². The van der Waals surface area contributed by atoms with Crippen molar-refractivity contribution in [1.29, 1.82) is 0 Å². The van der Waals surface area contributed by atoms with E-state index in [0.717, 1.165) is 68.5 Å². The van der Waals surface area contributed by atoms with Crippen LogP contribution in [0.2, 0.25) is 0 Å². The van der Waals surface area contributed by atoms with Crippen molar-refractivity contribution in [3.05, 3.63) is 11.6 Å². The van der Waals surface area contributed by atoms with E-state index in [9.17, 15) is 9.90 Å². The lowest BCUT2D eigenvalue weighted by atomic mass is 9.42. The Labute approximate surface area is 290 Å². The van der Waals surface area contributed by atoms with Crippen molar-refractivity contribution in [2.24, 2.45) is 52.3 Å². The molecule has 4 aliphatic carbocycles. The maximum Gasteiger partial charge on any atom is 0.366 e. The van der Waals surface area contributed by atoms with Crippen LogP contribution in [0.1, 0.15) is 133 Å². The predicted molar refractivity (Wildman–Crippen MR) is 182 cm³/mol. The highest BCUT2D eigenvalue weighted by Gasteiger charge is 2.71. The first-order chi connectivity index (χ1) is 20.2. The normalized spacial score (nSPS) is 39.2. The summed E-state index contributed by atoms with van der Waals surface area (Å²) in [5.41, 5.74) is 1.24. The number of carboxylic acids is 1. The van der Waals surface area contributed by atoms with E-state index in [1.807, 2.05) is 0 Å². The van der Waals surface area contributed by atoms with Gasteiger partial charge in [-0.15, -0.1) is 0 Å². The number of hydrogen-bond donors (Lipinski definition) is 1. The van der Waals surface area contributed by atoms with Crippen molar-refractivity contribution in [3.63, 3.8) is 0 Å². The molecule has 3 saturated carbocycles. The fourth-order valence-corrected chi connectivity index (χ4v) is 13.0. The third-order valence-electron chi connectivity index (χ3n) is 15.0. The third-order valence-corrected chi connectivity index (χ3v) is 15.0. The molecule has 3 fully saturated rings. The minimum Gasteiger partial charge on any atom is -1.00 e. The SMILES string of the molecule is CCCC1C(N(C)C)[C@@]2(C)C(=CC[C@H]3[C@@H]4CC[C@H]([C@H](C)CCCC(C)C)[C@@]4(C)CC[C@@H]32)CC1(C(=O)O)[N+](CC)(CC)CC.[I-]. The number of carboxylic acid groups (broad SMARTS) is 1. The van der Waals surface area contributed by atoms with E-state index in [0.29, 0.717) is 15.8 Å². The van der Waals surface area contributed by atoms with Gasteiger partial charge in [-0.2, -0.15) is 0 Å². The molecule has 0 amide bonds. The molecule has 256 valence electrons. The molecule has 0 aromatic rings. The van der Waals surface area contributed by atoms with Gasteiger partial charge < -0.3 is 38.5 Å². The largest absolute Gasteiger partial charge is 1.00 e. The van der Waals surface area contributed by atoms with Crippen LogP contribution in [-0.4, -0.2) is 65.8 Å². The van der Waals surface area contributed by atoms with Crippen molar-refractivity contribution in [2.45, 2.75) is 145 Å². The molecule has 4 aliphatic rings. The van der Waals surface area contributed by atoms with Gasteiger partial charge in [0.05, 0.1) is 19.6 Å². The van der Waals surface area contributed by atoms with Gasteiger partial charge in [-0.3, -0.25) is 0 Å². The lowest BCUT2D eigenvalue weighted by Crippen LogP contribution is -3.00. The first kappa shape index (κ1) is 38.3. The molecule has 0 bridgehead atoms. The number of aliphatic carboxylic acids is 1. The second kappa shape index (κ2) is 14.5. The van der Waals surface area contributed by atoms with Crippen LogP contribution in [0.3, 0.4) is 0 Å². The molecular formula is C39H71IN2O2. The Morgan fingerprint density at radius 3 is 2.16 bits per heavy atom. The Morgan fingerprint density at radius 2 is 1.64 bits per heavy atom. The topological polar surface area (TPSA) is 40.5 Å². The summed E-state index contributed by atoms with van der Waals surface area (Å²) in [6, 6.07) is 0.245. The third kappa shape index (κ3) is 5.79. The molecule has 0 aromatic heterocycles. The fourth-order valence-electron chi connectivity index (χ4n) is 13.0. The van der Waals surface area contributed by atoms with Crippen molar-refractivity contribution < 1.29 is 38.4 Å². The molecule has 4 rings (SSSR count). The van der Waals surface area contributed by atoms with E-state index < -0.39 is 11.5 Å². The van der Waals surface area contributed by atoms with Crippen LogP contribution in [0.5, 0.6) is 0 Å². The summed E-state index contributed by atoms with van der Waals surface area (Å²) in [6.07, 6.45) is 16.2. The number of rotatable bonds is 13. The molecule has 5 heteroatoms. The molecule has 0 heterocycles. The minimum absolute atomic E-state index is 0. The van der Waals surface area contributed by atoms with Gasteiger partial charge >= 0.3 is 5.97 Å². The van der Waals surface area contributed by atoms with E-state index in [1.165, 1.54) is 56.9 Å². The van der Waals surface area contributed by atoms with Gasteiger partial charge in [-0.25, -0.2) is 4.79 Å². The summed E-state index contributed by atoms with van der Waals surface area (Å²) in [5, 5.41) is 11.4. The van der Waals surface area contributed by atoms with Crippen LogP contribution in [-0.2, 0) is 4.79 Å². The zero-order valence-corrected chi connectivity index (χ0v) is 32.9. The summed E-state index contributed by atoms with van der Waals surface area (Å²) >= 11 is 0. The van der Waals surface area contributed by atoms with Crippen LogP contribution in [0.15, 0.2) is 11.6 Å². The number of quaternary nitrogens is 1. The summed E-state index contributed by atoms with van der Waals surface area (Å²) in [4.78, 5) is 16.3. The molecular weight excluding hydrogens is 655 g/mol. The summed E-state index contributed by atoms with van der Waals surface area (Å²) in [6.45, 7) is 24.3. The van der Waals surface area contributed by atoms with Crippen molar-refractivity contribution in [1.82, 2.24) is 4.90 Å². The molecule has 0 radical (unpaired) electrons. The van der Waals surface area contributed by atoms with Crippen molar-refractivity contribution >= 4 is 5.97 Å². The monoisotopic (exact) mass is 726 g/mol. The highest BCUT2D eigenvalue weighted by atomic mass is 127. The van der Waals surface area contributed by atoms with Gasteiger partial charge in [-0.1, -0.05) is 78.9 Å². The number of carbonyl (C=O) groups is 1. The average Bonchev–Trinajstić information content (AvgIpc) is 3.31. The van der Waals surface area contributed by atoms with Crippen LogP contribution in [0, 0.1) is 52.3 Å². The molecule has 44 heavy (non-hydrogen) atoms. The lowest BCUT2D eigenvalue weighted by molar-refractivity contribution is -0.968. The van der Waals surface area contributed by atoms with Crippen LogP contribution in [0.4, 0.5) is 0 Å². The number of allylic oxidation sites excluding steroid dienone is 1. The Morgan fingerprint density at radius 1 is 1.00 bits per heavy atom. The molecule has 3 unspecified atom stereocenters. The number of fused-ring (bicyclic) bond motifs is 5. The quantitative estimate of drug-likeness (QED) is 0.138. The maximum atomic E-state index is 13.9. The second-order valence-corrected chi connectivity index (χ2v) is 17.0. The van der Waals surface area contributed by atoms with Gasteiger partial charge in [0, 0.05) is 23.8 Å². The van der Waals surface area contributed by atoms with Crippen molar-refractivity contribution in [2.75, 3.05) is 33.7 Å². The molecule has 0 spiro atoms. The van der Waals surface area contributed by atoms with E-state index in [4.69, 9.17) is 0 Å². The van der Waals surface area contributed by atoms with Crippen LogP contribution >= 0.6 is 0 Å². The van der Waals surface area contributed by atoms with E-state index in [1.54, 1.807) is 0 Å². The van der Waals surface area contributed by atoms with Gasteiger partial charge in [0.1, 0.15) is 0 Å². The number of likely N-dealkylation sites (N-methyl/N-ethyl adjacent to an activating group) is 1. The smallest absolute Gasteiger partial charge is 0.366 e. The van der Waals surface area contributed by atoms with E-state index in [-0.39, 0.29) is 41.4 Å². The standard InChI is InChI=1S/C39H70N2O2.HI/c1-12-17-34-35(40(10)11)38(9)29(26-39(34,36(42)43)41(13-2,14-3)15-4)20-21-30-32-23-22-31(28(7)19-16-18-27(5)6)37(32,8)25-24-33(30)38;/h20,27-28,30-35H,12-19,21-26H2,1-11H3;1H/t28-,30+,31-,32+,33+,34?,35?,37-,38+,39?;/m1./s1. The minimum atomic E-state index is -0.769. The van der Waals surface area contributed by atoms with Crippen LogP contribution < -0.4 is 24.0 Å². The summed E-state index contributed by atoms with van der Waals surface area (Å²) < 4.78 is 0.690. The summed E-state index contributed by atoms with van der Waals surface area (Å²) in [7, 11) is 4.54. The maximum absolute atomic E-state index is 13.9. The highest BCUT2D eigenvalue weighted by molar-refractivity contribution is 5.79. The molecule has 0 aromatic carbocycles. The first-order valence-corrected chi connectivity index (χ1v) is 18.7. The highest BCUT2D eigenvalue weighted by Crippen LogP contribution is 2.69. The summed E-state index contributed by atoms with van der Waals surface area (Å²) in [5.74, 6) is 4.30. The number of hydrogen-bond acceptors (Lipinski definition) is 2. The molecule has 1 N–H and O–H groups in total. The Bertz CT molecular complexity index is 998. The van der Waals surface area contributed by atoms with Crippen molar-refractivity contribution in [3.8, 4) is 0 Å². The average molecular weight is 727 g/mol. The Kier molecular flexibility index (Phi) is 12.7. The van der Waals surface area contributed by atoms with Gasteiger partial charge in [0.25, 0.3) is 0 Å². The number of nitrogens with zero attached hydrogens (tertiary/aromatic N) is 2. The zero-order valence-electron chi connectivity index (χ0n) is 30.7. The molecule has 0 aliphatic heterocycles. The zero-order chi connectivity index (χ0) is 32.0. The Hall–Kier alpha value is -0.140. The van der Waals surface area contributed by atoms with Gasteiger partial charge in [-0.05, 0) is 114 Å². The van der Waals surface area contributed by atoms with E-state index >= 15 is 0 Å². The number of halogens is 1. The molecule has 4 nitrogen and oxygen atoms in total. The van der Waals surface area contributed by atoms with Gasteiger partial charge in [0.2, 0.25) is 5.54 Å². The Balaban J connectivity index is 0.00000529. The molecule has 0 saturated heterocycles. The second-order valence-electron chi connectivity index (χ2n) is 17.0. The lowest BCUT2D eigenvalue weighted by Gasteiger charge is -2.67. The molecule has 10 atom stereocenters. The first-order valence-electron chi connectivity index (χ1n) is 18.7. The van der Waals surface area contributed by atoms with Crippen LogP contribution in [0.25, 0.3) is 0 Å². The predicted octanol–water partition coefficient (Wildman–Crippen LogP) is 6.30. The fraction of sp³-hybridized carbons (Fsp3) is 0.923. The van der Waals surface area contributed by atoms with Gasteiger partial charge in [0.15, 0.2) is 0 Å².